The van der Waals surface area contributed by atoms with Gasteiger partial charge in [-0.25, -0.2) is 4.79 Å². The molecule has 1 aromatic rings. The van der Waals surface area contributed by atoms with Crippen molar-refractivity contribution >= 4 is 11.7 Å². The van der Waals surface area contributed by atoms with Gasteiger partial charge >= 0.3 is 5.97 Å². The third-order valence-electron chi connectivity index (χ3n) is 2.81. The van der Waals surface area contributed by atoms with Crippen molar-refractivity contribution in [2.75, 3.05) is 25.6 Å². The molecule has 1 aliphatic rings. The Balaban J connectivity index is 2.31. The average molecular weight is 251 g/mol. The van der Waals surface area contributed by atoms with Crippen LogP contribution in [0.4, 0.5) is 5.69 Å². The normalized spacial score (nSPS) is 15.9. The van der Waals surface area contributed by atoms with Gasteiger partial charge in [0.2, 0.25) is 0 Å². The van der Waals surface area contributed by atoms with Gasteiger partial charge in [-0.05, 0) is 31.5 Å². The van der Waals surface area contributed by atoms with E-state index in [1.165, 1.54) is 0 Å². The second-order valence-corrected chi connectivity index (χ2v) is 4.09. The number of nitrogens with two attached hydrogens (primary N) is 1. The lowest BCUT2D eigenvalue weighted by atomic mass is 10.0. The molecule has 0 atom stereocenters. The quantitative estimate of drug-likeness (QED) is 0.655. The van der Waals surface area contributed by atoms with Crippen LogP contribution in [-0.4, -0.2) is 25.8 Å². The molecule has 1 heterocycles. The van der Waals surface area contributed by atoms with Gasteiger partial charge in [-0.3, -0.25) is 0 Å². The van der Waals surface area contributed by atoms with E-state index in [0.717, 1.165) is 11.1 Å². The zero-order valence-electron chi connectivity index (χ0n) is 10.6. The highest BCUT2D eigenvalue weighted by Crippen LogP contribution is 2.29. The molecule has 0 amide bonds. The van der Waals surface area contributed by atoms with Crippen LogP contribution >= 0.6 is 0 Å². The lowest BCUT2D eigenvalue weighted by molar-refractivity contribution is -0.0445. The molecule has 0 bridgehead atoms. The van der Waals surface area contributed by atoms with Crippen molar-refractivity contribution in [3.8, 4) is 0 Å². The van der Waals surface area contributed by atoms with Crippen LogP contribution in [0.5, 0.6) is 0 Å². The summed E-state index contributed by atoms with van der Waals surface area (Å²) in [6.07, 6.45) is -0.386. The van der Waals surface area contributed by atoms with E-state index in [4.69, 9.17) is 19.9 Å². The maximum absolute atomic E-state index is 11.7. The van der Waals surface area contributed by atoms with Crippen LogP contribution in [0.3, 0.4) is 0 Å². The van der Waals surface area contributed by atoms with Gasteiger partial charge in [0, 0.05) is 11.3 Å². The minimum Gasteiger partial charge on any atom is -0.462 e. The Bertz CT molecular complexity index is 453. The van der Waals surface area contributed by atoms with Crippen LogP contribution in [0.15, 0.2) is 12.1 Å². The summed E-state index contributed by atoms with van der Waals surface area (Å²) in [6, 6.07) is 3.44. The number of anilines is 1. The summed E-state index contributed by atoms with van der Waals surface area (Å²) in [5, 5.41) is 0. The molecule has 98 valence electrons. The SMILES string of the molecule is CCOC(=O)c1cc(C)c(C2OCCO2)cc1N. The molecule has 0 aromatic heterocycles. The topological polar surface area (TPSA) is 70.8 Å². The number of carbonyl (C=O) groups is 1. The Labute approximate surface area is 106 Å². The second-order valence-electron chi connectivity index (χ2n) is 4.09. The maximum atomic E-state index is 11.7. The lowest BCUT2D eigenvalue weighted by Gasteiger charge is -2.15. The first kappa shape index (κ1) is 12.9. The van der Waals surface area contributed by atoms with Gasteiger partial charge in [0.25, 0.3) is 0 Å². The predicted molar refractivity (Wildman–Crippen MR) is 66.2 cm³/mol. The highest BCUT2D eigenvalue weighted by molar-refractivity contribution is 5.95. The standard InChI is InChI=1S/C13H17NO4/c1-3-16-12(15)10-6-8(2)9(7-11(10)14)13-17-4-5-18-13/h6-7,13H,3-5,14H2,1-2H3. The zero-order valence-corrected chi connectivity index (χ0v) is 10.6. The summed E-state index contributed by atoms with van der Waals surface area (Å²) in [6.45, 7) is 5.12. The molecule has 0 spiro atoms. The fourth-order valence-corrected chi connectivity index (χ4v) is 1.92. The van der Waals surface area contributed by atoms with E-state index in [1.807, 2.05) is 6.92 Å². The van der Waals surface area contributed by atoms with Crippen molar-refractivity contribution in [3.05, 3.63) is 28.8 Å². The van der Waals surface area contributed by atoms with Crippen molar-refractivity contribution in [2.24, 2.45) is 0 Å². The molecule has 5 nitrogen and oxygen atoms in total. The number of hydrogen-bond acceptors (Lipinski definition) is 5. The summed E-state index contributed by atoms with van der Waals surface area (Å²) in [5.74, 6) is -0.405. The Kier molecular flexibility index (Phi) is 3.84. The minimum absolute atomic E-state index is 0.327. The minimum atomic E-state index is -0.405. The Hall–Kier alpha value is -1.59. The molecule has 1 aromatic carbocycles. The highest BCUT2D eigenvalue weighted by Gasteiger charge is 2.22. The van der Waals surface area contributed by atoms with Crippen LogP contribution < -0.4 is 5.73 Å². The Morgan fingerprint density at radius 3 is 2.72 bits per heavy atom. The molecule has 2 N–H and O–H groups in total. The van der Waals surface area contributed by atoms with Crippen molar-refractivity contribution in [3.63, 3.8) is 0 Å². The van der Waals surface area contributed by atoms with Gasteiger partial charge in [0.1, 0.15) is 0 Å². The van der Waals surface area contributed by atoms with E-state index in [2.05, 4.69) is 0 Å². The molecule has 18 heavy (non-hydrogen) atoms. The first-order valence-electron chi connectivity index (χ1n) is 5.93. The molecule has 1 aliphatic heterocycles. The summed E-state index contributed by atoms with van der Waals surface area (Å²) < 4.78 is 15.8. The number of nitrogen functional groups attached to an aromatic ring is 1. The van der Waals surface area contributed by atoms with Gasteiger partial charge in [0.05, 0.1) is 25.4 Å². The van der Waals surface area contributed by atoms with E-state index in [0.29, 0.717) is 31.1 Å². The molecule has 0 aliphatic carbocycles. The van der Waals surface area contributed by atoms with E-state index in [1.54, 1.807) is 19.1 Å². The fourth-order valence-electron chi connectivity index (χ4n) is 1.92. The van der Waals surface area contributed by atoms with Crippen molar-refractivity contribution < 1.29 is 19.0 Å². The highest BCUT2D eigenvalue weighted by atomic mass is 16.7. The van der Waals surface area contributed by atoms with Crippen LogP contribution in [0.2, 0.25) is 0 Å². The van der Waals surface area contributed by atoms with E-state index < -0.39 is 5.97 Å². The third-order valence-corrected chi connectivity index (χ3v) is 2.81. The smallest absolute Gasteiger partial charge is 0.340 e. The van der Waals surface area contributed by atoms with Gasteiger partial charge in [0.15, 0.2) is 6.29 Å². The van der Waals surface area contributed by atoms with Crippen LogP contribution in [0.25, 0.3) is 0 Å². The Morgan fingerprint density at radius 2 is 2.11 bits per heavy atom. The van der Waals surface area contributed by atoms with Crippen LogP contribution in [0.1, 0.15) is 34.7 Å². The Morgan fingerprint density at radius 1 is 1.44 bits per heavy atom. The molecule has 0 saturated carbocycles. The van der Waals surface area contributed by atoms with Gasteiger partial charge in [-0.1, -0.05) is 0 Å². The zero-order chi connectivity index (χ0) is 13.1. The van der Waals surface area contributed by atoms with E-state index in [9.17, 15) is 4.79 Å². The number of hydrogen-bond donors (Lipinski definition) is 1. The summed E-state index contributed by atoms with van der Waals surface area (Å²) in [7, 11) is 0. The van der Waals surface area contributed by atoms with Crippen LogP contribution in [0, 0.1) is 6.92 Å². The molecule has 2 rings (SSSR count). The summed E-state index contributed by atoms with van der Waals surface area (Å²) >= 11 is 0. The molecule has 0 radical (unpaired) electrons. The fraction of sp³-hybridized carbons (Fsp3) is 0.462. The van der Waals surface area contributed by atoms with E-state index >= 15 is 0 Å². The number of ether oxygens (including phenoxy) is 3. The van der Waals surface area contributed by atoms with Crippen molar-refractivity contribution in [1.29, 1.82) is 0 Å². The number of aryl methyl sites for hydroxylation is 1. The average Bonchev–Trinajstić information content (AvgIpc) is 2.85. The molecular formula is C13H17NO4. The molecule has 1 fully saturated rings. The molecule has 0 unspecified atom stereocenters. The molecule has 1 saturated heterocycles. The maximum Gasteiger partial charge on any atom is 0.340 e. The number of carbonyl (C=O) groups excluding carboxylic acids is 1. The van der Waals surface area contributed by atoms with E-state index in [-0.39, 0.29) is 6.29 Å². The van der Waals surface area contributed by atoms with Gasteiger partial charge in [-0.2, -0.15) is 0 Å². The summed E-state index contributed by atoms with van der Waals surface area (Å²) in [4.78, 5) is 11.7. The molecular weight excluding hydrogens is 234 g/mol. The largest absolute Gasteiger partial charge is 0.462 e. The summed E-state index contributed by atoms with van der Waals surface area (Å²) in [5.41, 5.74) is 8.41. The van der Waals surface area contributed by atoms with Gasteiger partial charge in [-0.15, -0.1) is 0 Å². The first-order valence-corrected chi connectivity index (χ1v) is 5.93. The second kappa shape index (κ2) is 5.37. The lowest BCUT2D eigenvalue weighted by Crippen LogP contribution is -2.11. The monoisotopic (exact) mass is 251 g/mol. The third kappa shape index (κ3) is 2.47. The van der Waals surface area contributed by atoms with Gasteiger partial charge < -0.3 is 19.9 Å². The first-order chi connectivity index (χ1) is 8.63. The number of benzene rings is 1. The number of rotatable bonds is 3. The van der Waals surface area contributed by atoms with Crippen LogP contribution in [-0.2, 0) is 14.2 Å². The predicted octanol–water partition coefficient (Wildman–Crippen LogP) is 1.80. The molecule has 5 heteroatoms. The van der Waals surface area contributed by atoms with Crippen molar-refractivity contribution in [2.45, 2.75) is 20.1 Å². The van der Waals surface area contributed by atoms with Crippen molar-refractivity contribution in [1.82, 2.24) is 0 Å². The number of esters is 1.